The number of benzene rings is 1. The number of nitrogens with zero attached hydrogens (tertiary/aromatic N) is 4. The zero-order valence-electron chi connectivity index (χ0n) is 19.1. The summed E-state index contributed by atoms with van der Waals surface area (Å²) in [5.74, 6) is 1.36. The number of hydrogen-bond donors (Lipinski definition) is 3. The van der Waals surface area contributed by atoms with Gasteiger partial charge in [0.05, 0.1) is 11.6 Å². The number of fused-ring (bicyclic) bond motifs is 1. The maximum absolute atomic E-state index is 12.0. The lowest BCUT2D eigenvalue weighted by atomic mass is 9.91. The molecule has 3 N–H and O–H groups in total. The summed E-state index contributed by atoms with van der Waals surface area (Å²) in [5.41, 5.74) is 1.66. The highest BCUT2D eigenvalue weighted by Gasteiger charge is 2.25. The number of rotatable bonds is 5. The van der Waals surface area contributed by atoms with Gasteiger partial charge < -0.3 is 20.7 Å². The SMILES string of the molecule is CC(C)(C)OC(=O)NC1CCC(Nc2cccc3nc(Nc4ccc(C#N)cc4)nn23)CC1. The summed E-state index contributed by atoms with van der Waals surface area (Å²) in [7, 11) is 0. The topological polar surface area (TPSA) is 116 Å². The van der Waals surface area contributed by atoms with E-state index in [1.165, 1.54) is 0 Å². The van der Waals surface area contributed by atoms with Crippen LogP contribution in [0.25, 0.3) is 5.65 Å². The number of carbonyl (C=O) groups excluding carboxylic acids is 1. The second-order valence-electron chi connectivity index (χ2n) is 9.27. The third-order valence-corrected chi connectivity index (χ3v) is 5.43. The second kappa shape index (κ2) is 9.36. The molecule has 9 heteroatoms. The Morgan fingerprint density at radius 3 is 2.45 bits per heavy atom. The maximum atomic E-state index is 12.0. The fourth-order valence-electron chi connectivity index (χ4n) is 3.89. The van der Waals surface area contributed by atoms with Crippen LogP contribution in [0.5, 0.6) is 0 Å². The third kappa shape index (κ3) is 5.92. The number of nitrogens with one attached hydrogen (secondary N) is 3. The monoisotopic (exact) mass is 447 g/mol. The van der Waals surface area contributed by atoms with Gasteiger partial charge in [0.15, 0.2) is 5.65 Å². The molecule has 172 valence electrons. The lowest BCUT2D eigenvalue weighted by Gasteiger charge is -2.31. The molecular formula is C24H29N7O2. The van der Waals surface area contributed by atoms with Crippen molar-refractivity contribution in [3.8, 4) is 6.07 Å². The molecule has 0 radical (unpaired) electrons. The van der Waals surface area contributed by atoms with Crippen LogP contribution in [-0.4, -0.2) is 38.4 Å². The molecule has 4 rings (SSSR count). The van der Waals surface area contributed by atoms with E-state index in [1.54, 1.807) is 16.6 Å². The van der Waals surface area contributed by atoms with Gasteiger partial charge in [-0.1, -0.05) is 6.07 Å². The van der Waals surface area contributed by atoms with Crippen LogP contribution in [-0.2, 0) is 4.74 Å². The molecule has 1 aliphatic rings. The normalized spacial score (nSPS) is 18.4. The van der Waals surface area contributed by atoms with Crippen LogP contribution in [0.4, 0.5) is 22.2 Å². The summed E-state index contributed by atoms with van der Waals surface area (Å²) in [4.78, 5) is 16.6. The molecule has 1 aliphatic carbocycles. The van der Waals surface area contributed by atoms with Crippen LogP contribution in [0.3, 0.4) is 0 Å². The van der Waals surface area contributed by atoms with E-state index in [0.717, 1.165) is 42.8 Å². The minimum absolute atomic E-state index is 0.128. The van der Waals surface area contributed by atoms with E-state index in [0.29, 0.717) is 11.5 Å². The van der Waals surface area contributed by atoms with Crippen molar-refractivity contribution in [2.75, 3.05) is 10.6 Å². The molecule has 1 saturated carbocycles. The quantitative estimate of drug-likeness (QED) is 0.524. The van der Waals surface area contributed by atoms with E-state index >= 15 is 0 Å². The first-order chi connectivity index (χ1) is 15.8. The summed E-state index contributed by atoms with van der Waals surface area (Å²) in [6.07, 6.45) is 3.28. The molecule has 2 aromatic heterocycles. The Morgan fingerprint density at radius 2 is 1.79 bits per heavy atom. The molecule has 0 spiro atoms. The number of pyridine rings is 1. The van der Waals surface area contributed by atoms with E-state index in [1.807, 2.05) is 51.1 Å². The van der Waals surface area contributed by atoms with Gasteiger partial charge in [-0.25, -0.2) is 4.79 Å². The molecule has 0 aliphatic heterocycles. The van der Waals surface area contributed by atoms with Gasteiger partial charge in [0, 0.05) is 17.8 Å². The molecule has 9 nitrogen and oxygen atoms in total. The van der Waals surface area contributed by atoms with Gasteiger partial charge in [0.2, 0.25) is 5.95 Å². The van der Waals surface area contributed by atoms with Crippen molar-refractivity contribution in [2.24, 2.45) is 0 Å². The smallest absolute Gasteiger partial charge is 0.407 e. The minimum Gasteiger partial charge on any atom is -0.444 e. The van der Waals surface area contributed by atoms with Crippen LogP contribution in [0, 0.1) is 11.3 Å². The predicted octanol–water partition coefficient (Wildman–Crippen LogP) is 4.59. The number of amides is 1. The molecule has 0 bridgehead atoms. The zero-order valence-corrected chi connectivity index (χ0v) is 19.1. The molecule has 33 heavy (non-hydrogen) atoms. The fraction of sp³-hybridized carbons (Fsp3) is 0.417. The Kier molecular flexibility index (Phi) is 6.36. The maximum Gasteiger partial charge on any atom is 0.407 e. The van der Waals surface area contributed by atoms with E-state index in [2.05, 4.69) is 32.1 Å². The second-order valence-corrected chi connectivity index (χ2v) is 9.27. The molecule has 1 aromatic carbocycles. The fourth-order valence-corrected chi connectivity index (χ4v) is 3.89. The number of alkyl carbamates (subject to hydrolysis) is 1. The van der Waals surface area contributed by atoms with Gasteiger partial charge in [0.1, 0.15) is 11.4 Å². The first kappa shape index (κ1) is 22.4. The van der Waals surface area contributed by atoms with E-state index in [-0.39, 0.29) is 18.2 Å². The Hall–Kier alpha value is -3.80. The standard InChI is InChI=1S/C24H29N7O2/c1-24(2,3)33-23(32)28-19-13-11-17(12-14-19)26-20-5-4-6-21-29-22(30-31(20)21)27-18-9-7-16(15-25)8-10-18/h4-10,17,19,26H,11-14H2,1-3H3,(H,27,30)(H,28,32). The van der Waals surface area contributed by atoms with Crippen LogP contribution in [0.1, 0.15) is 52.0 Å². The molecule has 0 saturated heterocycles. The molecular weight excluding hydrogens is 418 g/mol. The Balaban J connectivity index is 1.36. The average Bonchev–Trinajstić information content (AvgIpc) is 3.18. The molecule has 1 amide bonds. The van der Waals surface area contributed by atoms with Gasteiger partial charge in [-0.2, -0.15) is 14.8 Å². The summed E-state index contributed by atoms with van der Waals surface area (Å²) in [6.45, 7) is 5.59. The van der Waals surface area contributed by atoms with Gasteiger partial charge in [-0.15, -0.1) is 5.10 Å². The number of aromatic nitrogens is 3. The minimum atomic E-state index is -0.493. The van der Waals surface area contributed by atoms with Crippen LogP contribution < -0.4 is 16.0 Å². The zero-order chi connectivity index (χ0) is 23.4. The van der Waals surface area contributed by atoms with Gasteiger partial charge in [-0.05, 0) is 82.9 Å². The lowest BCUT2D eigenvalue weighted by molar-refractivity contribution is 0.0492. The van der Waals surface area contributed by atoms with Gasteiger partial charge >= 0.3 is 6.09 Å². The van der Waals surface area contributed by atoms with Crippen molar-refractivity contribution in [3.05, 3.63) is 48.0 Å². The highest BCUT2D eigenvalue weighted by molar-refractivity contribution is 5.68. The van der Waals surface area contributed by atoms with Crippen molar-refractivity contribution >= 4 is 29.2 Å². The number of anilines is 3. The highest BCUT2D eigenvalue weighted by atomic mass is 16.6. The summed E-state index contributed by atoms with van der Waals surface area (Å²) >= 11 is 0. The third-order valence-electron chi connectivity index (χ3n) is 5.43. The summed E-state index contributed by atoms with van der Waals surface area (Å²) < 4.78 is 7.15. The van der Waals surface area contributed by atoms with Crippen LogP contribution in [0.15, 0.2) is 42.5 Å². The Labute approximate surface area is 193 Å². The Bertz CT molecular complexity index is 1150. The van der Waals surface area contributed by atoms with Crippen LogP contribution >= 0.6 is 0 Å². The molecule has 3 aromatic rings. The van der Waals surface area contributed by atoms with E-state index in [9.17, 15) is 4.79 Å². The number of carbonyl (C=O) groups is 1. The Morgan fingerprint density at radius 1 is 1.09 bits per heavy atom. The van der Waals surface area contributed by atoms with Crippen molar-refractivity contribution in [1.82, 2.24) is 19.9 Å². The molecule has 0 unspecified atom stereocenters. The lowest BCUT2D eigenvalue weighted by Crippen LogP contribution is -2.42. The van der Waals surface area contributed by atoms with Gasteiger partial charge in [-0.3, -0.25) is 0 Å². The average molecular weight is 448 g/mol. The van der Waals surface area contributed by atoms with E-state index in [4.69, 9.17) is 10.00 Å². The number of nitriles is 1. The molecule has 1 fully saturated rings. The number of ether oxygens (including phenoxy) is 1. The van der Waals surface area contributed by atoms with E-state index < -0.39 is 5.60 Å². The predicted molar refractivity (Wildman–Crippen MR) is 126 cm³/mol. The van der Waals surface area contributed by atoms with Crippen molar-refractivity contribution in [1.29, 1.82) is 5.26 Å². The summed E-state index contributed by atoms with van der Waals surface area (Å²) in [5, 5.41) is 23.3. The van der Waals surface area contributed by atoms with Gasteiger partial charge in [0.25, 0.3) is 0 Å². The molecule has 0 atom stereocenters. The van der Waals surface area contributed by atoms with Crippen molar-refractivity contribution in [3.63, 3.8) is 0 Å². The molecule has 2 heterocycles. The van der Waals surface area contributed by atoms with Crippen molar-refractivity contribution < 1.29 is 9.53 Å². The first-order valence-corrected chi connectivity index (χ1v) is 11.2. The first-order valence-electron chi connectivity index (χ1n) is 11.2. The van der Waals surface area contributed by atoms with Crippen molar-refractivity contribution in [2.45, 2.75) is 64.1 Å². The summed E-state index contributed by atoms with van der Waals surface area (Å²) in [6, 6.07) is 15.5. The number of hydrogen-bond acceptors (Lipinski definition) is 7. The van der Waals surface area contributed by atoms with Crippen LogP contribution in [0.2, 0.25) is 0 Å². The highest BCUT2D eigenvalue weighted by Crippen LogP contribution is 2.24. The largest absolute Gasteiger partial charge is 0.444 e.